The summed E-state index contributed by atoms with van der Waals surface area (Å²) in [6.45, 7) is -0.295. The van der Waals surface area contributed by atoms with Crippen LogP contribution < -0.4 is 20.2 Å². The number of carbonyl (C=O) groups excluding carboxylic acids is 2. The summed E-state index contributed by atoms with van der Waals surface area (Å²) in [4.78, 5) is 24.7. The van der Waals surface area contributed by atoms with Gasteiger partial charge in [-0.2, -0.15) is 5.10 Å². The molecule has 1 heterocycles. The van der Waals surface area contributed by atoms with Crippen molar-refractivity contribution < 1.29 is 27.9 Å². The zero-order chi connectivity index (χ0) is 26.5. The van der Waals surface area contributed by atoms with Crippen molar-refractivity contribution in [2.45, 2.75) is 0 Å². The molecule has 0 spiro atoms. The second-order valence-corrected chi connectivity index (χ2v) is 10.4. The zero-order valence-electron chi connectivity index (χ0n) is 19.0. The van der Waals surface area contributed by atoms with Crippen molar-refractivity contribution in [3.05, 3.63) is 84.3 Å². The molecule has 2 amide bonds. The number of carbonyl (C=O) groups is 2. The quantitative estimate of drug-likeness (QED) is 0.122. The van der Waals surface area contributed by atoms with Crippen LogP contribution in [-0.4, -0.2) is 31.7 Å². The average Bonchev–Trinajstić information content (AvgIpc) is 3.30. The van der Waals surface area contributed by atoms with Gasteiger partial charge in [0.15, 0.2) is 23.9 Å². The van der Waals surface area contributed by atoms with E-state index in [-0.39, 0.29) is 12.4 Å². The lowest BCUT2D eigenvalue weighted by atomic mass is 10.2. The maximum Gasteiger partial charge on any atom is 0.307 e. The van der Waals surface area contributed by atoms with E-state index in [1.165, 1.54) is 37.6 Å². The molecule has 0 atom stereocenters. The molecule has 8 nitrogen and oxygen atoms in total. The summed E-state index contributed by atoms with van der Waals surface area (Å²) in [7, 11) is 1.46. The first-order valence-corrected chi connectivity index (χ1v) is 13.2. The Morgan fingerprint density at radius 3 is 2.59 bits per heavy atom. The highest BCUT2D eigenvalue weighted by atomic mass is 127. The number of halogens is 4. The van der Waals surface area contributed by atoms with Gasteiger partial charge >= 0.3 is 5.91 Å². The molecule has 0 saturated carbocycles. The maximum atomic E-state index is 13.0. The number of anilines is 1. The Hall–Kier alpha value is -2.97. The molecule has 0 aliphatic rings. The molecule has 37 heavy (non-hydrogen) atoms. The number of hydrogen-bond donors (Lipinski definition) is 2. The minimum Gasteiger partial charge on any atom is -0.493 e. The number of furan rings is 1. The van der Waals surface area contributed by atoms with E-state index in [9.17, 15) is 14.0 Å². The number of amides is 2. The van der Waals surface area contributed by atoms with Crippen LogP contribution in [0.25, 0.3) is 11.0 Å². The van der Waals surface area contributed by atoms with Crippen molar-refractivity contribution in [2.75, 3.05) is 19.0 Å². The van der Waals surface area contributed by atoms with E-state index in [1.54, 1.807) is 18.2 Å². The lowest BCUT2D eigenvalue weighted by molar-refractivity contribution is -0.118. The molecule has 12 heteroatoms. The summed E-state index contributed by atoms with van der Waals surface area (Å²) < 4.78 is 32.0. The number of ether oxygens (including phenoxy) is 2. The number of methoxy groups -OCH3 is 1. The van der Waals surface area contributed by atoms with Gasteiger partial charge in [-0.25, -0.2) is 9.82 Å². The largest absolute Gasteiger partial charge is 0.493 e. The fourth-order valence-corrected chi connectivity index (χ4v) is 5.28. The Morgan fingerprint density at radius 1 is 1.11 bits per heavy atom. The number of nitrogens with zero attached hydrogens (tertiary/aromatic N) is 1. The molecule has 0 aliphatic carbocycles. The van der Waals surface area contributed by atoms with Crippen molar-refractivity contribution in [3.8, 4) is 11.5 Å². The number of hydrogen-bond acceptors (Lipinski definition) is 6. The predicted molar refractivity (Wildman–Crippen MR) is 153 cm³/mol. The normalized spacial score (nSPS) is 11.1. The van der Waals surface area contributed by atoms with Gasteiger partial charge in [-0.3, -0.25) is 9.59 Å². The van der Waals surface area contributed by atoms with Crippen LogP contribution in [-0.2, 0) is 4.79 Å². The Kier molecular flexibility index (Phi) is 8.82. The van der Waals surface area contributed by atoms with Crippen molar-refractivity contribution in [2.24, 2.45) is 5.10 Å². The molecule has 4 rings (SSSR count). The van der Waals surface area contributed by atoms with Crippen molar-refractivity contribution in [1.29, 1.82) is 0 Å². The minimum absolute atomic E-state index is 0.127. The van der Waals surface area contributed by atoms with Gasteiger partial charge in [-0.1, -0.05) is 15.9 Å². The second kappa shape index (κ2) is 12.0. The molecular weight excluding hydrogens is 728 g/mol. The number of rotatable bonds is 8. The third-order valence-electron chi connectivity index (χ3n) is 4.90. The SMILES string of the molecule is COc1cc(/C=N\NC(=O)c2cc3cc(Br)cc(I)c3o2)c(Br)cc1OCC(=O)Nc1ccc(F)cc1. The predicted octanol–water partition coefficient (Wildman–Crippen LogP) is 6.49. The van der Waals surface area contributed by atoms with Crippen LogP contribution in [0, 0.1) is 9.39 Å². The minimum atomic E-state index is -0.505. The fraction of sp³-hybridized carbons (Fsp3) is 0.0800. The van der Waals surface area contributed by atoms with Gasteiger partial charge in [0.2, 0.25) is 0 Å². The molecule has 3 aromatic carbocycles. The molecular formula is C25H17Br2FIN3O5. The van der Waals surface area contributed by atoms with E-state index in [4.69, 9.17) is 13.9 Å². The van der Waals surface area contributed by atoms with Crippen LogP contribution in [0.2, 0.25) is 0 Å². The highest BCUT2D eigenvalue weighted by Crippen LogP contribution is 2.33. The van der Waals surface area contributed by atoms with Gasteiger partial charge < -0.3 is 19.2 Å². The molecule has 1 aromatic heterocycles. The average molecular weight is 745 g/mol. The first-order chi connectivity index (χ1) is 17.7. The molecule has 0 radical (unpaired) electrons. The number of hydrazone groups is 1. The molecule has 0 unspecified atom stereocenters. The third-order valence-corrected chi connectivity index (χ3v) is 6.84. The molecule has 0 fully saturated rings. The van der Waals surface area contributed by atoms with Crippen LogP contribution >= 0.6 is 54.5 Å². The van der Waals surface area contributed by atoms with Crippen molar-refractivity contribution >= 4 is 89.1 Å². The molecule has 4 aromatic rings. The van der Waals surface area contributed by atoms with Crippen LogP contribution in [0.15, 0.2) is 73.1 Å². The summed E-state index contributed by atoms with van der Waals surface area (Å²) >= 11 is 8.99. The Morgan fingerprint density at radius 2 is 1.86 bits per heavy atom. The van der Waals surface area contributed by atoms with E-state index in [2.05, 4.69) is 70.3 Å². The zero-order valence-corrected chi connectivity index (χ0v) is 24.3. The van der Waals surface area contributed by atoms with Gasteiger partial charge in [-0.15, -0.1) is 0 Å². The second-order valence-electron chi connectivity index (χ2n) is 7.48. The van der Waals surface area contributed by atoms with Crippen LogP contribution in [0.4, 0.5) is 10.1 Å². The highest BCUT2D eigenvalue weighted by Gasteiger charge is 2.15. The van der Waals surface area contributed by atoms with E-state index < -0.39 is 17.6 Å². The Labute approximate surface area is 241 Å². The van der Waals surface area contributed by atoms with E-state index in [0.717, 1.165) is 13.4 Å². The number of benzene rings is 3. The molecule has 0 saturated heterocycles. The smallest absolute Gasteiger partial charge is 0.307 e. The van der Waals surface area contributed by atoms with E-state index in [1.807, 2.05) is 12.1 Å². The summed E-state index contributed by atoms with van der Waals surface area (Å²) in [5, 5.41) is 7.42. The van der Waals surface area contributed by atoms with Gasteiger partial charge in [0.05, 0.1) is 16.9 Å². The molecule has 0 bridgehead atoms. The van der Waals surface area contributed by atoms with Gasteiger partial charge in [0, 0.05) is 25.6 Å². The van der Waals surface area contributed by atoms with Crippen molar-refractivity contribution in [3.63, 3.8) is 0 Å². The number of fused-ring (bicyclic) bond motifs is 1. The first-order valence-electron chi connectivity index (χ1n) is 10.5. The van der Waals surface area contributed by atoms with Crippen LogP contribution in [0.3, 0.4) is 0 Å². The van der Waals surface area contributed by atoms with Gasteiger partial charge in [0.25, 0.3) is 5.91 Å². The first kappa shape index (κ1) is 27.1. The number of nitrogens with one attached hydrogen (secondary N) is 2. The van der Waals surface area contributed by atoms with E-state index >= 15 is 0 Å². The van der Waals surface area contributed by atoms with Crippen LogP contribution in [0.5, 0.6) is 11.5 Å². The van der Waals surface area contributed by atoms with E-state index in [0.29, 0.717) is 32.8 Å². The summed E-state index contributed by atoms with van der Waals surface area (Å²) in [5.41, 5.74) is 4.09. The molecule has 0 aliphatic heterocycles. The van der Waals surface area contributed by atoms with Gasteiger partial charge in [0.1, 0.15) is 11.4 Å². The third kappa shape index (κ3) is 6.87. The standard InChI is InChI=1S/C25H17Br2FIN3O5/c1-35-20-8-14(11-30-32-25(34)22-7-13-6-15(26)9-19(29)24(13)37-22)18(27)10-21(20)36-12-23(33)31-17-4-2-16(28)3-5-17/h2-11H,12H2,1H3,(H,31,33)(H,32,34)/b30-11-. The Balaban J connectivity index is 1.40. The maximum absolute atomic E-state index is 13.0. The molecule has 190 valence electrons. The molecule has 2 N–H and O–H groups in total. The van der Waals surface area contributed by atoms with Crippen molar-refractivity contribution in [1.82, 2.24) is 5.43 Å². The summed E-state index contributed by atoms with van der Waals surface area (Å²) in [5.74, 6) is -0.538. The fourth-order valence-electron chi connectivity index (χ4n) is 3.20. The highest BCUT2D eigenvalue weighted by molar-refractivity contribution is 14.1. The summed E-state index contributed by atoms with van der Waals surface area (Å²) in [6.07, 6.45) is 1.43. The summed E-state index contributed by atoms with van der Waals surface area (Å²) in [6, 6.07) is 14.0. The monoisotopic (exact) mass is 743 g/mol. The van der Waals surface area contributed by atoms with Gasteiger partial charge in [-0.05, 0) is 93.1 Å². The lowest BCUT2D eigenvalue weighted by Gasteiger charge is -2.13. The topological polar surface area (TPSA) is 102 Å². The lowest BCUT2D eigenvalue weighted by Crippen LogP contribution is -2.20. The van der Waals surface area contributed by atoms with Crippen LogP contribution in [0.1, 0.15) is 16.1 Å². The Bertz CT molecular complexity index is 1510.